The van der Waals surface area contributed by atoms with Crippen molar-refractivity contribution in [3.05, 3.63) is 57.8 Å². The van der Waals surface area contributed by atoms with Gasteiger partial charge in [0.2, 0.25) is 5.91 Å². The van der Waals surface area contributed by atoms with Crippen LogP contribution in [0.1, 0.15) is 42.7 Å². The Hall–Kier alpha value is -1.65. The van der Waals surface area contributed by atoms with Crippen molar-refractivity contribution in [2.45, 2.75) is 40.2 Å². The maximum absolute atomic E-state index is 12.2. The summed E-state index contributed by atoms with van der Waals surface area (Å²) < 4.78 is 0. The van der Waals surface area contributed by atoms with Crippen molar-refractivity contribution < 1.29 is 4.79 Å². The Kier molecular flexibility index (Phi) is 6.72. The van der Waals surface area contributed by atoms with Gasteiger partial charge in [0, 0.05) is 50.4 Å². The number of benzene rings is 1. The van der Waals surface area contributed by atoms with Gasteiger partial charge in [-0.15, -0.1) is 11.3 Å². The second-order valence-electron chi connectivity index (χ2n) is 8.32. The number of carbonyl (C=O) groups is 1. The monoisotopic (exact) mass is 384 g/mol. The minimum absolute atomic E-state index is 0.197. The van der Waals surface area contributed by atoms with Crippen LogP contribution in [0.25, 0.3) is 0 Å². The molecule has 1 amide bonds. The van der Waals surface area contributed by atoms with Crippen molar-refractivity contribution in [2.24, 2.45) is 11.8 Å². The number of hydrogen-bond donors (Lipinski definition) is 0. The van der Waals surface area contributed by atoms with E-state index >= 15 is 0 Å². The molecule has 3 nitrogen and oxygen atoms in total. The molecule has 0 unspecified atom stereocenters. The van der Waals surface area contributed by atoms with Crippen LogP contribution in [0, 0.1) is 18.8 Å². The lowest BCUT2D eigenvalue weighted by Crippen LogP contribution is -2.38. The SMILES string of the molecule is CC(=O)N(CC(C)C)C[C@@H]1CN(Cc2sccc2C)C[C@@H]1c1ccccc1. The first-order valence-corrected chi connectivity index (χ1v) is 10.9. The Morgan fingerprint density at radius 1 is 1.22 bits per heavy atom. The highest BCUT2D eigenvalue weighted by atomic mass is 32.1. The van der Waals surface area contributed by atoms with Gasteiger partial charge < -0.3 is 4.90 Å². The summed E-state index contributed by atoms with van der Waals surface area (Å²) in [6, 6.07) is 13.1. The van der Waals surface area contributed by atoms with E-state index in [4.69, 9.17) is 0 Å². The van der Waals surface area contributed by atoms with E-state index in [9.17, 15) is 4.79 Å². The average Bonchev–Trinajstić information content (AvgIpc) is 3.21. The van der Waals surface area contributed by atoms with Crippen LogP contribution in [-0.2, 0) is 11.3 Å². The molecule has 1 aromatic heterocycles. The molecule has 0 spiro atoms. The van der Waals surface area contributed by atoms with Crippen LogP contribution >= 0.6 is 11.3 Å². The van der Waals surface area contributed by atoms with Gasteiger partial charge in [-0.3, -0.25) is 9.69 Å². The molecule has 1 fully saturated rings. The van der Waals surface area contributed by atoms with Crippen LogP contribution in [-0.4, -0.2) is 41.9 Å². The van der Waals surface area contributed by atoms with Crippen molar-refractivity contribution in [3.63, 3.8) is 0 Å². The molecule has 1 aliphatic rings. The zero-order chi connectivity index (χ0) is 19.4. The summed E-state index contributed by atoms with van der Waals surface area (Å²) in [7, 11) is 0. The number of rotatable bonds is 7. The minimum atomic E-state index is 0.197. The number of amides is 1. The molecule has 2 aromatic rings. The predicted octanol–water partition coefficient (Wildman–Crippen LogP) is 4.78. The molecule has 2 heterocycles. The van der Waals surface area contributed by atoms with Crippen molar-refractivity contribution in [3.8, 4) is 0 Å². The summed E-state index contributed by atoms with van der Waals surface area (Å²) in [6.45, 7) is 13.1. The predicted molar refractivity (Wildman–Crippen MR) is 114 cm³/mol. The van der Waals surface area contributed by atoms with Crippen LogP contribution in [0.15, 0.2) is 41.8 Å². The van der Waals surface area contributed by atoms with Gasteiger partial charge in [0.15, 0.2) is 0 Å². The third-order valence-electron chi connectivity index (χ3n) is 5.57. The zero-order valence-corrected chi connectivity index (χ0v) is 17.8. The normalized spacial score (nSPS) is 20.3. The Morgan fingerprint density at radius 3 is 2.56 bits per heavy atom. The highest BCUT2D eigenvalue weighted by Crippen LogP contribution is 2.35. The van der Waals surface area contributed by atoms with Gasteiger partial charge in [-0.1, -0.05) is 44.2 Å². The van der Waals surface area contributed by atoms with E-state index in [1.165, 1.54) is 16.0 Å². The summed E-state index contributed by atoms with van der Waals surface area (Å²) in [4.78, 5) is 18.3. The van der Waals surface area contributed by atoms with Crippen LogP contribution in [0.3, 0.4) is 0 Å². The molecule has 1 saturated heterocycles. The summed E-state index contributed by atoms with van der Waals surface area (Å²) in [5, 5.41) is 2.19. The largest absolute Gasteiger partial charge is 0.342 e. The molecule has 1 aliphatic heterocycles. The molecule has 146 valence electrons. The maximum atomic E-state index is 12.2. The number of aryl methyl sites for hydroxylation is 1. The Morgan fingerprint density at radius 2 is 1.96 bits per heavy atom. The molecule has 0 bridgehead atoms. The van der Waals surface area contributed by atoms with Gasteiger partial charge in [-0.25, -0.2) is 0 Å². The van der Waals surface area contributed by atoms with Gasteiger partial charge in [-0.05, 0) is 41.3 Å². The molecular weight excluding hydrogens is 352 g/mol. The molecular formula is C23H32N2OS. The average molecular weight is 385 g/mol. The van der Waals surface area contributed by atoms with Gasteiger partial charge >= 0.3 is 0 Å². The quantitative estimate of drug-likeness (QED) is 0.686. The smallest absolute Gasteiger partial charge is 0.219 e. The second kappa shape index (κ2) is 9.03. The number of likely N-dealkylation sites (tertiary alicyclic amines) is 1. The van der Waals surface area contributed by atoms with Gasteiger partial charge in [0.25, 0.3) is 0 Å². The fourth-order valence-corrected chi connectivity index (χ4v) is 5.12. The van der Waals surface area contributed by atoms with E-state index in [2.05, 4.69) is 72.3 Å². The van der Waals surface area contributed by atoms with E-state index in [1.54, 1.807) is 6.92 Å². The molecule has 2 atom stereocenters. The third-order valence-corrected chi connectivity index (χ3v) is 6.57. The van der Waals surface area contributed by atoms with Gasteiger partial charge in [-0.2, -0.15) is 0 Å². The Balaban J connectivity index is 1.77. The summed E-state index contributed by atoms with van der Waals surface area (Å²) in [6.07, 6.45) is 0. The highest BCUT2D eigenvalue weighted by Gasteiger charge is 2.35. The molecule has 0 N–H and O–H groups in total. The molecule has 0 aliphatic carbocycles. The van der Waals surface area contributed by atoms with E-state index in [0.717, 1.165) is 32.7 Å². The highest BCUT2D eigenvalue weighted by molar-refractivity contribution is 7.10. The Bertz CT molecular complexity index is 740. The lowest BCUT2D eigenvalue weighted by Gasteiger charge is -2.29. The van der Waals surface area contributed by atoms with E-state index in [-0.39, 0.29) is 5.91 Å². The first-order chi connectivity index (χ1) is 12.9. The van der Waals surface area contributed by atoms with Gasteiger partial charge in [0.1, 0.15) is 0 Å². The maximum Gasteiger partial charge on any atom is 0.219 e. The van der Waals surface area contributed by atoms with E-state index < -0.39 is 0 Å². The lowest BCUT2D eigenvalue weighted by molar-refractivity contribution is -0.130. The van der Waals surface area contributed by atoms with E-state index in [0.29, 0.717) is 17.8 Å². The molecule has 0 radical (unpaired) electrons. The number of thiophene rings is 1. The van der Waals surface area contributed by atoms with Crippen LogP contribution in [0.4, 0.5) is 0 Å². The fraction of sp³-hybridized carbons (Fsp3) is 0.522. The van der Waals surface area contributed by atoms with Crippen LogP contribution in [0.5, 0.6) is 0 Å². The molecule has 1 aromatic carbocycles. The van der Waals surface area contributed by atoms with Crippen LogP contribution < -0.4 is 0 Å². The van der Waals surface area contributed by atoms with Gasteiger partial charge in [0.05, 0.1) is 0 Å². The molecule has 0 saturated carbocycles. The summed E-state index contributed by atoms with van der Waals surface area (Å²) in [5.74, 6) is 1.66. The molecule has 27 heavy (non-hydrogen) atoms. The zero-order valence-electron chi connectivity index (χ0n) is 17.0. The molecule has 4 heteroatoms. The second-order valence-corrected chi connectivity index (χ2v) is 9.32. The number of nitrogens with zero attached hydrogens (tertiary/aromatic N) is 2. The Labute approximate surface area is 168 Å². The summed E-state index contributed by atoms with van der Waals surface area (Å²) in [5.41, 5.74) is 2.80. The fourth-order valence-electron chi connectivity index (χ4n) is 4.18. The first-order valence-electron chi connectivity index (χ1n) is 9.99. The van der Waals surface area contributed by atoms with Crippen molar-refractivity contribution >= 4 is 17.2 Å². The third kappa shape index (κ3) is 5.20. The van der Waals surface area contributed by atoms with Crippen molar-refractivity contribution in [1.29, 1.82) is 0 Å². The topological polar surface area (TPSA) is 23.6 Å². The van der Waals surface area contributed by atoms with E-state index in [1.807, 2.05) is 11.3 Å². The number of hydrogen-bond acceptors (Lipinski definition) is 3. The number of carbonyl (C=O) groups excluding carboxylic acids is 1. The summed E-state index contributed by atoms with van der Waals surface area (Å²) >= 11 is 1.86. The molecule has 3 rings (SSSR count). The first kappa shape index (κ1) is 20.1. The van der Waals surface area contributed by atoms with Crippen molar-refractivity contribution in [2.75, 3.05) is 26.2 Å². The standard InChI is InChI=1S/C23H32N2OS/c1-17(2)12-25(19(4)26)14-21-13-24(16-23-18(3)10-11-27-23)15-22(21)20-8-6-5-7-9-20/h5-11,17,21-22H,12-16H2,1-4H3/t21-,22+/m0/s1. The van der Waals surface area contributed by atoms with Crippen LogP contribution in [0.2, 0.25) is 0 Å². The minimum Gasteiger partial charge on any atom is -0.342 e. The lowest BCUT2D eigenvalue weighted by atomic mass is 9.88. The van der Waals surface area contributed by atoms with Crippen molar-refractivity contribution in [1.82, 2.24) is 9.80 Å².